The van der Waals surface area contributed by atoms with E-state index in [1.54, 1.807) is 6.07 Å². The van der Waals surface area contributed by atoms with Crippen molar-refractivity contribution in [3.8, 4) is 0 Å². The summed E-state index contributed by atoms with van der Waals surface area (Å²) in [6, 6.07) is 7.49. The molecule has 0 saturated carbocycles. The number of rotatable bonds is 6. The van der Waals surface area contributed by atoms with Crippen molar-refractivity contribution in [3.63, 3.8) is 0 Å². The van der Waals surface area contributed by atoms with E-state index >= 15 is 0 Å². The van der Waals surface area contributed by atoms with Crippen LogP contribution in [0.3, 0.4) is 0 Å². The Morgan fingerprint density at radius 2 is 2.15 bits per heavy atom. The number of alkyl halides is 3. The highest BCUT2D eigenvalue weighted by Gasteiger charge is 2.33. The van der Waals surface area contributed by atoms with E-state index in [1.165, 1.54) is 0 Å². The van der Waals surface area contributed by atoms with Crippen LogP contribution < -0.4 is 10.6 Å². The van der Waals surface area contributed by atoms with Crippen LogP contribution in [0.15, 0.2) is 34.6 Å². The maximum atomic E-state index is 12.6. The van der Waals surface area contributed by atoms with Crippen molar-refractivity contribution in [2.75, 3.05) is 13.1 Å². The molecule has 0 aliphatic carbocycles. The molecule has 0 bridgehead atoms. The molecule has 1 atom stereocenters. The molecule has 1 heterocycles. The fourth-order valence-electron chi connectivity index (χ4n) is 2.20. The average Bonchev–Trinajstić information content (AvgIpc) is 3.04. The molecule has 1 unspecified atom stereocenters. The SMILES string of the molecule is CCNC(=NCCc1nc(C(F)(F)F)cs1)NC(C)c1cccc(Cl)c1. The van der Waals surface area contributed by atoms with Gasteiger partial charge in [0, 0.05) is 29.9 Å². The maximum absolute atomic E-state index is 12.6. The second-order valence-electron chi connectivity index (χ2n) is 5.56. The Bertz CT molecular complexity index is 746. The Labute approximate surface area is 159 Å². The number of halogens is 4. The highest BCUT2D eigenvalue weighted by Crippen LogP contribution is 2.30. The molecule has 1 aromatic heterocycles. The minimum Gasteiger partial charge on any atom is -0.357 e. The quantitative estimate of drug-likeness (QED) is 0.543. The van der Waals surface area contributed by atoms with E-state index in [9.17, 15) is 13.2 Å². The lowest BCUT2D eigenvalue weighted by molar-refractivity contribution is -0.140. The van der Waals surface area contributed by atoms with E-state index in [4.69, 9.17) is 11.6 Å². The van der Waals surface area contributed by atoms with Gasteiger partial charge in [0.2, 0.25) is 0 Å². The van der Waals surface area contributed by atoms with Gasteiger partial charge >= 0.3 is 6.18 Å². The van der Waals surface area contributed by atoms with Gasteiger partial charge in [-0.2, -0.15) is 13.2 Å². The molecule has 0 spiro atoms. The van der Waals surface area contributed by atoms with Gasteiger partial charge in [0.25, 0.3) is 0 Å². The molecule has 2 aromatic rings. The fourth-order valence-corrected chi connectivity index (χ4v) is 3.20. The third-order valence-electron chi connectivity index (χ3n) is 3.48. The molecule has 142 valence electrons. The zero-order valence-corrected chi connectivity index (χ0v) is 16.0. The van der Waals surface area contributed by atoms with Crippen molar-refractivity contribution in [1.29, 1.82) is 0 Å². The van der Waals surface area contributed by atoms with Crippen molar-refractivity contribution in [3.05, 3.63) is 50.9 Å². The molecule has 0 aliphatic heterocycles. The zero-order valence-electron chi connectivity index (χ0n) is 14.4. The number of nitrogens with one attached hydrogen (secondary N) is 2. The monoisotopic (exact) mass is 404 g/mol. The fraction of sp³-hybridized carbons (Fsp3) is 0.412. The van der Waals surface area contributed by atoms with Gasteiger partial charge in [0.05, 0.1) is 11.0 Å². The molecule has 9 heteroatoms. The molecule has 4 nitrogen and oxygen atoms in total. The van der Waals surface area contributed by atoms with Gasteiger partial charge in [-0.1, -0.05) is 23.7 Å². The van der Waals surface area contributed by atoms with Crippen molar-refractivity contribution in [1.82, 2.24) is 15.6 Å². The number of nitrogens with zero attached hydrogens (tertiary/aromatic N) is 2. The summed E-state index contributed by atoms with van der Waals surface area (Å²) in [6.07, 6.45) is -4.05. The van der Waals surface area contributed by atoms with Gasteiger partial charge in [-0.15, -0.1) is 11.3 Å². The van der Waals surface area contributed by atoms with E-state index in [1.807, 2.05) is 32.0 Å². The molecule has 0 amide bonds. The van der Waals surface area contributed by atoms with E-state index in [-0.39, 0.29) is 6.04 Å². The lowest BCUT2D eigenvalue weighted by Gasteiger charge is -2.18. The predicted octanol–water partition coefficient (Wildman–Crippen LogP) is 4.67. The molecule has 0 fully saturated rings. The van der Waals surface area contributed by atoms with E-state index in [2.05, 4.69) is 20.6 Å². The van der Waals surface area contributed by atoms with Crippen LogP contribution >= 0.6 is 22.9 Å². The first kappa shape index (κ1) is 20.5. The Morgan fingerprint density at radius 1 is 1.38 bits per heavy atom. The molecule has 0 saturated heterocycles. The first-order valence-electron chi connectivity index (χ1n) is 8.11. The number of aliphatic imine (C=N–C) groups is 1. The van der Waals surface area contributed by atoms with Gasteiger partial charge in [0.15, 0.2) is 11.7 Å². The maximum Gasteiger partial charge on any atom is 0.434 e. The third-order valence-corrected chi connectivity index (χ3v) is 4.63. The zero-order chi connectivity index (χ0) is 19.2. The molecular weight excluding hydrogens is 385 g/mol. The summed E-state index contributed by atoms with van der Waals surface area (Å²) < 4.78 is 37.7. The Hall–Kier alpha value is -1.80. The van der Waals surface area contributed by atoms with E-state index in [0.717, 1.165) is 22.3 Å². The summed E-state index contributed by atoms with van der Waals surface area (Å²) in [4.78, 5) is 8.03. The van der Waals surface area contributed by atoms with Gasteiger partial charge < -0.3 is 10.6 Å². The highest BCUT2D eigenvalue weighted by molar-refractivity contribution is 7.09. The second kappa shape index (κ2) is 9.23. The third kappa shape index (κ3) is 6.17. The molecule has 0 radical (unpaired) electrons. The lowest BCUT2D eigenvalue weighted by atomic mass is 10.1. The molecular formula is C17H20ClF3N4S. The van der Waals surface area contributed by atoms with E-state index < -0.39 is 11.9 Å². The molecule has 2 N–H and O–H groups in total. The van der Waals surface area contributed by atoms with Crippen LogP contribution in [0.2, 0.25) is 5.02 Å². The summed E-state index contributed by atoms with van der Waals surface area (Å²) in [7, 11) is 0. The van der Waals surface area contributed by atoms with Crippen molar-refractivity contribution >= 4 is 28.9 Å². The van der Waals surface area contributed by atoms with Gasteiger partial charge in [-0.3, -0.25) is 4.99 Å². The molecule has 26 heavy (non-hydrogen) atoms. The van der Waals surface area contributed by atoms with Crippen LogP contribution in [0.5, 0.6) is 0 Å². The number of guanidine groups is 1. The Morgan fingerprint density at radius 3 is 2.77 bits per heavy atom. The smallest absolute Gasteiger partial charge is 0.357 e. The number of aromatic nitrogens is 1. The summed E-state index contributed by atoms with van der Waals surface area (Å²) in [5.41, 5.74) is 0.166. The minimum absolute atomic E-state index is 0.0248. The lowest BCUT2D eigenvalue weighted by Crippen LogP contribution is -2.38. The first-order chi connectivity index (χ1) is 12.3. The number of benzene rings is 1. The normalized spacial score (nSPS) is 13.5. The van der Waals surface area contributed by atoms with Gasteiger partial charge in [0.1, 0.15) is 0 Å². The van der Waals surface area contributed by atoms with Crippen LogP contribution in [-0.2, 0) is 12.6 Å². The van der Waals surface area contributed by atoms with Gasteiger partial charge in [-0.05, 0) is 31.5 Å². The molecule has 1 aromatic carbocycles. The van der Waals surface area contributed by atoms with Crippen LogP contribution in [0.1, 0.15) is 36.2 Å². The van der Waals surface area contributed by atoms with Crippen LogP contribution in [0.25, 0.3) is 0 Å². The Balaban J connectivity index is 1.96. The molecule has 0 aliphatic rings. The Kier molecular flexibility index (Phi) is 7.28. The standard InChI is InChI=1S/C17H20ClF3N4S/c1-3-22-16(24-11(2)12-5-4-6-13(18)9-12)23-8-7-15-25-14(10-26-15)17(19,20)21/h4-6,9-11H,3,7-8H2,1-2H3,(H2,22,23,24). The van der Waals surface area contributed by atoms with E-state index in [0.29, 0.717) is 35.5 Å². The number of hydrogen-bond donors (Lipinski definition) is 2. The van der Waals surface area contributed by atoms with Crippen LogP contribution in [0.4, 0.5) is 13.2 Å². The topological polar surface area (TPSA) is 49.3 Å². The average molecular weight is 405 g/mol. The minimum atomic E-state index is -4.40. The summed E-state index contributed by atoms with van der Waals surface area (Å²) >= 11 is 7.01. The number of hydrogen-bond acceptors (Lipinski definition) is 3. The van der Waals surface area contributed by atoms with Crippen LogP contribution in [0, 0.1) is 0 Å². The first-order valence-corrected chi connectivity index (χ1v) is 9.37. The van der Waals surface area contributed by atoms with Crippen molar-refractivity contribution < 1.29 is 13.2 Å². The van der Waals surface area contributed by atoms with Crippen molar-refractivity contribution in [2.24, 2.45) is 4.99 Å². The second-order valence-corrected chi connectivity index (χ2v) is 6.94. The van der Waals surface area contributed by atoms with Crippen molar-refractivity contribution in [2.45, 2.75) is 32.5 Å². The predicted molar refractivity (Wildman–Crippen MR) is 99.8 cm³/mol. The highest BCUT2D eigenvalue weighted by atomic mass is 35.5. The summed E-state index contributed by atoms with van der Waals surface area (Å²) in [5, 5.41) is 8.49. The number of thiazole rings is 1. The van der Waals surface area contributed by atoms with Gasteiger partial charge in [-0.25, -0.2) is 4.98 Å². The van der Waals surface area contributed by atoms with Crippen LogP contribution in [-0.4, -0.2) is 24.0 Å². The molecule has 2 rings (SSSR count). The largest absolute Gasteiger partial charge is 0.434 e. The summed E-state index contributed by atoms with van der Waals surface area (Å²) in [6.45, 7) is 4.93. The summed E-state index contributed by atoms with van der Waals surface area (Å²) in [5.74, 6) is 0.590.